The van der Waals surface area contributed by atoms with Crippen LogP contribution in [0.3, 0.4) is 0 Å². The Morgan fingerprint density at radius 3 is 2.59 bits per heavy atom. The molecule has 0 spiro atoms. The lowest BCUT2D eigenvalue weighted by molar-refractivity contribution is 0.628. The fourth-order valence-electron chi connectivity index (χ4n) is 2.03. The van der Waals surface area contributed by atoms with Crippen LogP contribution in [0.15, 0.2) is 51.9 Å². The van der Waals surface area contributed by atoms with Crippen molar-refractivity contribution in [3.8, 4) is 0 Å². The first-order valence-corrected chi connectivity index (χ1v) is 6.12. The third kappa shape index (κ3) is 1.91. The molecule has 0 saturated heterocycles. The first-order valence-electron chi connectivity index (χ1n) is 5.33. The number of aliphatic imine (C=N–C) groups is 1. The molecular formula is C14H9BrFN. The van der Waals surface area contributed by atoms with Gasteiger partial charge < -0.3 is 0 Å². The topological polar surface area (TPSA) is 12.4 Å². The van der Waals surface area contributed by atoms with Gasteiger partial charge in [-0.25, -0.2) is 4.39 Å². The molecule has 0 saturated carbocycles. The van der Waals surface area contributed by atoms with E-state index in [2.05, 4.69) is 33.1 Å². The van der Waals surface area contributed by atoms with Gasteiger partial charge >= 0.3 is 0 Å². The molecule has 0 fully saturated rings. The van der Waals surface area contributed by atoms with E-state index in [9.17, 15) is 4.39 Å². The Labute approximate surface area is 107 Å². The van der Waals surface area contributed by atoms with Crippen molar-refractivity contribution < 1.29 is 4.39 Å². The molecule has 0 amide bonds. The number of halogens is 2. The molecule has 0 N–H and O–H groups in total. The summed E-state index contributed by atoms with van der Waals surface area (Å²) in [5, 5.41) is 0. The van der Waals surface area contributed by atoms with E-state index in [0.29, 0.717) is 6.54 Å². The van der Waals surface area contributed by atoms with Crippen LogP contribution in [-0.4, -0.2) is 5.71 Å². The maximum Gasteiger partial charge on any atom is 0.123 e. The van der Waals surface area contributed by atoms with Crippen LogP contribution in [0.1, 0.15) is 16.7 Å². The van der Waals surface area contributed by atoms with Crippen LogP contribution in [0.5, 0.6) is 0 Å². The second-order valence-electron chi connectivity index (χ2n) is 3.97. The summed E-state index contributed by atoms with van der Waals surface area (Å²) in [6.07, 6.45) is 0. The summed E-state index contributed by atoms with van der Waals surface area (Å²) < 4.78 is 13.9. The Morgan fingerprint density at radius 2 is 1.82 bits per heavy atom. The number of hydrogen-bond donors (Lipinski definition) is 0. The molecule has 17 heavy (non-hydrogen) atoms. The molecule has 0 aromatic heterocycles. The molecule has 2 aromatic rings. The van der Waals surface area contributed by atoms with Crippen molar-refractivity contribution >= 4 is 21.6 Å². The van der Waals surface area contributed by atoms with Gasteiger partial charge in [-0.05, 0) is 42.0 Å². The summed E-state index contributed by atoms with van der Waals surface area (Å²) in [5.74, 6) is -0.219. The molecular weight excluding hydrogens is 281 g/mol. The molecule has 3 rings (SSSR count). The summed E-state index contributed by atoms with van der Waals surface area (Å²) in [6, 6.07) is 12.6. The van der Waals surface area contributed by atoms with E-state index in [4.69, 9.17) is 0 Å². The quantitative estimate of drug-likeness (QED) is 0.754. The van der Waals surface area contributed by atoms with Crippen LogP contribution in [0.4, 0.5) is 4.39 Å². The molecule has 0 atom stereocenters. The van der Waals surface area contributed by atoms with Crippen LogP contribution in [0, 0.1) is 5.82 Å². The molecule has 2 aromatic carbocycles. The zero-order chi connectivity index (χ0) is 11.8. The van der Waals surface area contributed by atoms with Crippen LogP contribution in [0.25, 0.3) is 0 Å². The van der Waals surface area contributed by atoms with E-state index in [1.54, 1.807) is 12.1 Å². The minimum absolute atomic E-state index is 0.219. The Kier molecular flexibility index (Phi) is 2.56. The molecule has 1 heterocycles. The van der Waals surface area contributed by atoms with Crippen LogP contribution in [-0.2, 0) is 6.54 Å². The Balaban J connectivity index is 2.06. The number of fused-ring (bicyclic) bond motifs is 1. The second-order valence-corrected chi connectivity index (χ2v) is 4.89. The normalized spacial score (nSPS) is 13.4. The zero-order valence-corrected chi connectivity index (χ0v) is 10.5. The lowest BCUT2D eigenvalue weighted by Crippen LogP contribution is -2.00. The maximum atomic E-state index is 12.9. The molecule has 1 aliphatic heterocycles. The average Bonchev–Trinajstić information content (AvgIpc) is 2.73. The zero-order valence-electron chi connectivity index (χ0n) is 8.95. The summed E-state index contributed by atoms with van der Waals surface area (Å²) in [5.41, 5.74) is 4.26. The van der Waals surface area contributed by atoms with Crippen molar-refractivity contribution in [2.24, 2.45) is 4.99 Å². The van der Waals surface area contributed by atoms with Crippen molar-refractivity contribution in [3.05, 3.63) is 69.4 Å². The van der Waals surface area contributed by atoms with Crippen molar-refractivity contribution in [1.29, 1.82) is 0 Å². The van der Waals surface area contributed by atoms with Gasteiger partial charge in [0, 0.05) is 15.6 Å². The van der Waals surface area contributed by atoms with E-state index in [1.165, 1.54) is 17.7 Å². The van der Waals surface area contributed by atoms with Crippen LogP contribution < -0.4 is 0 Å². The van der Waals surface area contributed by atoms with Crippen molar-refractivity contribution in [1.82, 2.24) is 0 Å². The SMILES string of the molecule is Fc1ccc(C2=NCc3cc(Br)ccc32)cc1. The van der Waals surface area contributed by atoms with Gasteiger partial charge in [-0.2, -0.15) is 0 Å². The summed E-state index contributed by atoms with van der Waals surface area (Å²) >= 11 is 3.45. The standard InChI is InChI=1S/C14H9BrFN/c15-11-3-6-13-10(7-11)8-17-14(13)9-1-4-12(16)5-2-9/h1-7H,8H2. The van der Waals surface area contributed by atoms with E-state index in [-0.39, 0.29) is 5.82 Å². The van der Waals surface area contributed by atoms with E-state index < -0.39 is 0 Å². The number of hydrogen-bond acceptors (Lipinski definition) is 1. The predicted octanol–water partition coefficient (Wildman–Crippen LogP) is 3.94. The highest BCUT2D eigenvalue weighted by atomic mass is 79.9. The Bertz CT molecular complexity index is 602. The summed E-state index contributed by atoms with van der Waals surface area (Å²) in [4.78, 5) is 4.52. The minimum atomic E-state index is -0.219. The van der Waals surface area contributed by atoms with Gasteiger partial charge in [-0.15, -0.1) is 0 Å². The monoisotopic (exact) mass is 289 g/mol. The lowest BCUT2D eigenvalue weighted by atomic mass is 10.0. The highest BCUT2D eigenvalue weighted by Gasteiger charge is 2.17. The summed E-state index contributed by atoms with van der Waals surface area (Å²) in [6.45, 7) is 0.696. The lowest BCUT2D eigenvalue weighted by Gasteiger charge is -2.04. The van der Waals surface area contributed by atoms with E-state index in [1.807, 2.05) is 6.07 Å². The fraction of sp³-hybridized carbons (Fsp3) is 0.0714. The maximum absolute atomic E-state index is 12.9. The molecule has 0 radical (unpaired) electrons. The highest BCUT2D eigenvalue weighted by Crippen LogP contribution is 2.26. The minimum Gasteiger partial charge on any atom is -0.279 e. The fourth-order valence-corrected chi connectivity index (χ4v) is 2.44. The molecule has 0 unspecified atom stereocenters. The van der Waals surface area contributed by atoms with Crippen molar-refractivity contribution in [2.75, 3.05) is 0 Å². The molecule has 84 valence electrons. The van der Waals surface area contributed by atoms with Crippen molar-refractivity contribution in [2.45, 2.75) is 6.54 Å². The molecule has 1 nitrogen and oxygen atoms in total. The predicted molar refractivity (Wildman–Crippen MR) is 69.9 cm³/mol. The third-order valence-corrected chi connectivity index (χ3v) is 3.34. The molecule has 1 aliphatic rings. The smallest absolute Gasteiger partial charge is 0.123 e. The number of benzene rings is 2. The third-order valence-electron chi connectivity index (χ3n) is 2.85. The molecule has 0 bridgehead atoms. The van der Waals surface area contributed by atoms with Gasteiger partial charge in [-0.3, -0.25) is 4.99 Å². The second kappa shape index (κ2) is 4.08. The average molecular weight is 290 g/mol. The van der Waals surface area contributed by atoms with E-state index >= 15 is 0 Å². The highest BCUT2D eigenvalue weighted by molar-refractivity contribution is 9.10. The molecule has 0 aliphatic carbocycles. The van der Waals surface area contributed by atoms with Gasteiger partial charge in [0.05, 0.1) is 12.3 Å². The van der Waals surface area contributed by atoms with Gasteiger partial charge in [0.25, 0.3) is 0 Å². The van der Waals surface area contributed by atoms with Crippen LogP contribution >= 0.6 is 15.9 Å². The number of rotatable bonds is 1. The first kappa shape index (κ1) is 10.7. The van der Waals surface area contributed by atoms with Gasteiger partial charge in [0.2, 0.25) is 0 Å². The van der Waals surface area contributed by atoms with Crippen molar-refractivity contribution in [3.63, 3.8) is 0 Å². The number of nitrogens with zero attached hydrogens (tertiary/aromatic N) is 1. The Morgan fingerprint density at radius 1 is 1.06 bits per heavy atom. The van der Waals surface area contributed by atoms with Gasteiger partial charge in [0.15, 0.2) is 0 Å². The Hall–Kier alpha value is -1.48. The van der Waals surface area contributed by atoms with Gasteiger partial charge in [0.1, 0.15) is 5.82 Å². The summed E-state index contributed by atoms with van der Waals surface area (Å²) in [7, 11) is 0. The van der Waals surface area contributed by atoms with Crippen LogP contribution in [0.2, 0.25) is 0 Å². The first-order chi connectivity index (χ1) is 8.24. The largest absolute Gasteiger partial charge is 0.279 e. The van der Waals surface area contributed by atoms with Gasteiger partial charge in [-0.1, -0.05) is 22.0 Å². The molecule has 3 heteroatoms. The van der Waals surface area contributed by atoms with E-state index in [0.717, 1.165) is 21.3 Å².